The van der Waals surface area contributed by atoms with Crippen LogP contribution in [0, 0.1) is 0 Å². The molecule has 0 radical (unpaired) electrons. The van der Waals surface area contributed by atoms with Crippen molar-refractivity contribution in [2.24, 2.45) is 0 Å². The summed E-state index contributed by atoms with van der Waals surface area (Å²) in [5, 5.41) is 20.3. The van der Waals surface area contributed by atoms with E-state index in [1.54, 1.807) is 12.1 Å². The van der Waals surface area contributed by atoms with Crippen LogP contribution in [-0.2, 0) is 6.42 Å². The molecule has 2 heteroatoms. The molecular weight excluding hydrogens is 212 g/mol. The van der Waals surface area contributed by atoms with Crippen molar-refractivity contribution < 1.29 is 10.2 Å². The van der Waals surface area contributed by atoms with E-state index in [-0.39, 0.29) is 5.75 Å². The van der Waals surface area contributed by atoms with Crippen LogP contribution in [0.15, 0.2) is 47.6 Å². The highest BCUT2D eigenvalue weighted by molar-refractivity contribution is 5.37. The Balaban J connectivity index is 2.25. The molecule has 1 atom stereocenters. The number of allylic oxidation sites excluding steroid dienone is 2. The van der Waals surface area contributed by atoms with Gasteiger partial charge in [-0.1, -0.05) is 35.4 Å². The minimum Gasteiger partial charge on any atom is -0.508 e. The van der Waals surface area contributed by atoms with Crippen LogP contribution in [0.5, 0.6) is 5.75 Å². The van der Waals surface area contributed by atoms with Crippen LogP contribution < -0.4 is 0 Å². The summed E-state index contributed by atoms with van der Waals surface area (Å²) in [5.74, 6) is 0.249. The number of rotatable bonds is 2. The molecule has 0 amide bonds. The van der Waals surface area contributed by atoms with Gasteiger partial charge in [-0.2, -0.15) is 0 Å². The fraction of sp³-hybridized carbons (Fsp3) is 0.333. The molecule has 1 aliphatic rings. The van der Waals surface area contributed by atoms with Crippen LogP contribution in [0.4, 0.5) is 0 Å². The molecule has 2 nitrogen and oxygen atoms in total. The van der Waals surface area contributed by atoms with E-state index in [1.165, 1.54) is 5.57 Å². The number of hydrogen-bond acceptors (Lipinski definition) is 2. The second kappa shape index (κ2) is 4.38. The monoisotopic (exact) mass is 230 g/mol. The Kier molecular flexibility index (Phi) is 3.07. The van der Waals surface area contributed by atoms with Crippen LogP contribution in [0.1, 0.15) is 25.8 Å². The third kappa shape index (κ3) is 2.77. The molecule has 1 aromatic carbocycles. The molecule has 0 aromatic heterocycles. The highest BCUT2D eigenvalue weighted by atomic mass is 16.3. The molecule has 17 heavy (non-hydrogen) atoms. The molecule has 0 aliphatic heterocycles. The lowest BCUT2D eigenvalue weighted by molar-refractivity contribution is 0.0887. The fourth-order valence-electron chi connectivity index (χ4n) is 2.54. The third-order valence-electron chi connectivity index (χ3n) is 3.04. The Hall–Kier alpha value is -1.54. The molecule has 1 unspecified atom stereocenters. The van der Waals surface area contributed by atoms with Crippen molar-refractivity contribution >= 4 is 0 Å². The largest absolute Gasteiger partial charge is 0.508 e. The van der Waals surface area contributed by atoms with Gasteiger partial charge in [0.25, 0.3) is 0 Å². The number of para-hydroxylation sites is 1. The first-order valence-electron chi connectivity index (χ1n) is 5.84. The third-order valence-corrected chi connectivity index (χ3v) is 3.04. The Bertz CT molecular complexity index is 485. The Labute approximate surface area is 102 Å². The van der Waals surface area contributed by atoms with E-state index in [0.29, 0.717) is 12.8 Å². The average Bonchev–Trinajstić information content (AvgIpc) is 2.19. The first-order valence-corrected chi connectivity index (χ1v) is 5.84. The summed E-state index contributed by atoms with van der Waals surface area (Å²) in [7, 11) is 0. The molecule has 2 rings (SSSR count). The lowest BCUT2D eigenvalue weighted by atomic mass is 9.83. The maximum Gasteiger partial charge on any atom is 0.118 e. The van der Waals surface area contributed by atoms with Gasteiger partial charge in [-0.3, -0.25) is 0 Å². The SMILES string of the molecule is CC1=CC(O)(Cc2ccccc2O)CC(C)=C1. The molecule has 1 aliphatic carbocycles. The van der Waals surface area contributed by atoms with Crippen LogP contribution in [0.2, 0.25) is 0 Å². The zero-order chi connectivity index (χ0) is 12.5. The van der Waals surface area contributed by atoms with Crippen molar-refractivity contribution in [1.29, 1.82) is 0 Å². The van der Waals surface area contributed by atoms with Gasteiger partial charge in [-0.15, -0.1) is 0 Å². The maximum absolute atomic E-state index is 10.6. The highest BCUT2D eigenvalue weighted by Crippen LogP contribution is 2.31. The number of phenols is 1. The Morgan fingerprint density at radius 2 is 1.94 bits per heavy atom. The first kappa shape index (κ1) is 11.9. The Morgan fingerprint density at radius 1 is 1.24 bits per heavy atom. The zero-order valence-electron chi connectivity index (χ0n) is 10.3. The minimum absolute atomic E-state index is 0.249. The first-order chi connectivity index (χ1) is 7.98. The van der Waals surface area contributed by atoms with Crippen LogP contribution >= 0.6 is 0 Å². The second-order valence-corrected chi connectivity index (χ2v) is 4.96. The predicted octanol–water partition coefficient (Wildman–Crippen LogP) is 2.96. The summed E-state index contributed by atoms with van der Waals surface area (Å²) in [6.07, 6.45) is 5.03. The van der Waals surface area contributed by atoms with Crippen molar-refractivity contribution in [2.75, 3.05) is 0 Å². The topological polar surface area (TPSA) is 40.5 Å². The quantitative estimate of drug-likeness (QED) is 0.820. The van der Waals surface area contributed by atoms with Gasteiger partial charge in [0.15, 0.2) is 0 Å². The van der Waals surface area contributed by atoms with E-state index in [0.717, 1.165) is 11.1 Å². The molecule has 0 saturated carbocycles. The van der Waals surface area contributed by atoms with Gasteiger partial charge >= 0.3 is 0 Å². The summed E-state index contributed by atoms with van der Waals surface area (Å²) in [5.41, 5.74) is 2.16. The van der Waals surface area contributed by atoms with Crippen molar-refractivity contribution in [2.45, 2.75) is 32.3 Å². The van der Waals surface area contributed by atoms with Gasteiger partial charge in [0.2, 0.25) is 0 Å². The van der Waals surface area contributed by atoms with Crippen molar-refractivity contribution in [3.63, 3.8) is 0 Å². The van der Waals surface area contributed by atoms with Crippen LogP contribution in [-0.4, -0.2) is 15.8 Å². The fourth-order valence-corrected chi connectivity index (χ4v) is 2.54. The normalized spacial score (nSPS) is 24.2. The number of benzene rings is 1. The van der Waals surface area contributed by atoms with Gasteiger partial charge in [-0.05, 0) is 31.6 Å². The molecule has 0 fully saturated rings. The predicted molar refractivity (Wildman–Crippen MR) is 68.9 cm³/mol. The van der Waals surface area contributed by atoms with E-state index in [1.807, 2.05) is 32.1 Å². The van der Waals surface area contributed by atoms with E-state index >= 15 is 0 Å². The second-order valence-electron chi connectivity index (χ2n) is 4.96. The molecular formula is C15H18O2. The van der Waals surface area contributed by atoms with Gasteiger partial charge in [0, 0.05) is 12.8 Å². The molecule has 0 bridgehead atoms. The lowest BCUT2D eigenvalue weighted by Crippen LogP contribution is -2.31. The molecule has 0 heterocycles. The molecule has 1 aromatic rings. The van der Waals surface area contributed by atoms with Gasteiger partial charge < -0.3 is 10.2 Å². The number of hydrogen-bond donors (Lipinski definition) is 2. The average molecular weight is 230 g/mol. The summed E-state index contributed by atoms with van der Waals surface area (Å²) in [4.78, 5) is 0. The summed E-state index contributed by atoms with van der Waals surface area (Å²) >= 11 is 0. The van der Waals surface area contributed by atoms with Crippen molar-refractivity contribution in [1.82, 2.24) is 0 Å². The molecule has 90 valence electrons. The smallest absolute Gasteiger partial charge is 0.118 e. The Morgan fingerprint density at radius 3 is 2.59 bits per heavy atom. The van der Waals surface area contributed by atoms with E-state index < -0.39 is 5.60 Å². The zero-order valence-corrected chi connectivity index (χ0v) is 10.3. The standard InChI is InChI=1S/C15H18O2/c1-11-7-12(2)9-15(17,8-11)10-13-5-3-4-6-14(13)16/h3-8,16-17H,9-10H2,1-2H3. The van der Waals surface area contributed by atoms with E-state index in [2.05, 4.69) is 6.08 Å². The summed E-state index contributed by atoms with van der Waals surface area (Å²) in [6, 6.07) is 7.17. The molecule has 0 spiro atoms. The number of phenolic OH excluding ortho intramolecular Hbond substituents is 1. The van der Waals surface area contributed by atoms with Crippen molar-refractivity contribution in [3.8, 4) is 5.75 Å². The van der Waals surface area contributed by atoms with Gasteiger partial charge in [0.1, 0.15) is 5.75 Å². The summed E-state index contributed by atoms with van der Waals surface area (Å²) in [6.45, 7) is 4.00. The van der Waals surface area contributed by atoms with Crippen LogP contribution in [0.25, 0.3) is 0 Å². The lowest BCUT2D eigenvalue weighted by Gasteiger charge is -2.29. The summed E-state index contributed by atoms with van der Waals surface area (Å²) < 4.78 is 0. The number of aliphatic hydroxyl groups is 1. The number of aromatic hydroxyl groups is 1. The van der Waals surface area contributed by atoms with Gasteiger partial charge in [0.05, 0.1) is 5.60 Å². The highest BCUT2D eigenvalue weighted by Gasteiger charge is 2.28. The van der Waals surface area contributed by atoms with Crippen molar-refractivity contribution in [3.05, 3.63) is 53.1 Å². The van der Waals surface area contributed by atoms with Gasteiger partial charge in [-0.25, -0.2) is 0 Å². The minimum atomic E-state index is -0.873. The molecule has 0 saturated heterocycles. The molecule has 2 N–H and O–H groups in total. The van der Waals surface area contributed by atoms with Crippen LogP contribution in [0.3, 0.4) is 0 Å². The van der Waals surface area contributed by atoms with E-state index in [9.17, 15) is 10.2 Å². The maximum atomic E-state index is 10.6. The van der Waals surface area contributed by atoms with E-state index in [4.69, 9.17) is 0 Å².